The summed E-state index contributed by atoms with van der Waals surface area (Å²) in [7, 11) is 0. The SMILES string of the molecule is Cc1nc2c(OC(F)c3ccccc3)cccn2c1C(=O)O. The van der Waals surface area contributed by atoms with Crippen molar-refractivity contribution in [3.63, 3.8) is 0 Å². The molecule has 1 unspecified atom stereocenters. The standard InChI is InChI=1S/C16H13FN2O3/c1-10-13(16(20)21)19-9-5-8-12(15(19)18-10)22-14(17)11-6-3-2-4-7-11/h2-9,14H,1H3,(H,20,21). The average Bonchev–Trinajstić information content (AvgIpc) is 2.85. The molecular weight excluding hydrogens is 287 g/mol. The average molecular weight is 300 g/mol. The minimum absolute atomic E-state index is 0.0376. The number of pyridine rings is 1. The Kier molecular flexibility index (Phi) is 3.50. The van der Waals surface area contributed by atoms with Crippen molar-refractivity contribution in [1.29, 1.82) is 0 Å². The van der Waals surface area contributed by atoms with Crippen molar-refractivity contribution in [2.75, 3.05) is 0 Å². The van der Waals surface area contributed by atoms with E-state index >= 15 is 0 Å². The summed E-state index contributed by atoms with van der Waals surface area (Å²) in [6.07, 6.45) is -0.0980. The molecule has 0 fully saturated rings. The first-order chi connectivity index (χ1) is 10.6. The highest BCUT2D eigenvalue weighted by Gasteiger charge is 2.19. The Hall–Kier alpha value is -2.89. The van der Waals surface area contributed by atoms with Gasteiger partial charge in [-0.25, -0.2) is 9.78 Å². The van der Waals surface area contributed by atoms with Gasteiger partial charge in [-0.2, -0.15) is 4.39 Å². The van der Waals surface area contributed by atoms with Gasteiger partial charge in [-0.15, -0.1) is 0 Å². The van der Waals surface area contributed by atoms with Gasteiger partial charge in [-0.05, 0) is 19.1 Å². The second-order valence-corrected chi connectivity index (χ2v) is 4.76. The molecular formula is C16H13FN2O3. The molecule has 2 heterocycles. The molecule has 2 aromatic heterocycles. The zero-order valence-corrected chi connectivity index (χ0v) is 11.7. The van der Waals surface area contributed by atoms with E-state index in [-0.39, 0.29) is 17.1 Å². The van der Waals surface area contributed by atoms with Gasteiger partial charge in [0, 0.05) is 11.8 Å². The molecule has 1 N–H and O–H groups in total. The topological polar surface area (TPSA) is 63.8 Å². The molecule has 0 radical (unpaired) electrons. The first-order valence-electron chi connectivity index (χ1n) is 6.64. The van der Waals surface area contributed by atoms with E-state index in [1.165, 1.54) is 4.40 Å². The molecule has 6 heteroatoms. The van der Waals surface area contributed by atoms with Gasteiger partial charge in [0.25, 0.3) is 6.36 Å². The molecule has 112 valence electrons. The van der Waals surface area contributed by atoms with E-state index in [2.05, 4.69) is 4.98 Å². The summed E-state index contributed by atoms with van der Waals surface area (Å²) in [5.74, 6) is -0.906. The molecule has 3 rings (SSSR count). The molecule has 0 aliphatic heterocycles. The van der Waals surface area contributed by atoms with Crippen LogP contribution in [0.3, 0.4) is 0 Å². The van der Waals surface area contributed by atoms with Gasteiger partial charge < -0.3 is 9.84 Å². The molecule has 0 aliphatic rings. The number of halogens is 1. The lowest BCUT2D eigenvalue weighted by Gasteiger charge is -2.12. The number of fused-ring (bicyclic) bond motifs is 1. The molecule has 0 spiro atoms. The number of ether oxygens (including phenoxy) is 1. The van der Waals surface area contributed by atoms with Gasteiger partial charge >= 0.3 is 5.97 Å². The highest BCUT2D eigenvalue weighted by Crippen LogP contribution is 2.27. The zero-order chi connectivity index (χ0) is 15.7. The molecule has 0 saturated heterocycles. The second-order valence-electron chi connectivity index (χ2n) is 4.76. The summed E-state index contributed by atoms with van der Waals surface area (Å²) in [5, 5.41) is 9.23. The number of aromatic carboxylic acids is 1. The van der Waals surface area contributed by atoms with Crippen LogP contribution in [0.4, 0.5) is 4.39 Å². The Morgan fingerprint density at radius 1 is 1.27 bits per heavy atom. The fraction of sp³-hybridized carbons (Fsp3) is 0.125. The fourth-order valence-corrected chi connectivity index (χ4v) is 2.29. The van der Waals surface area contributed by atoms with E-state index in [1.807, 2.05) is 0 Å². The number of aromatic nitrogens is 2. The van der Waals surface area contributed by atoms with E-state index in [4.69, 9.17) is 4.74 Å². The number of imidazole rings is 1. The maximum atomic E-state index is 14.2. The minimum Gasteiger partial charge on any atom is -0.477 e. The van der Waals surface area contributed by atoms with E-state index < -0.39 is 12.3 Å². The summed E-state index contributed by atoms with van der Waals surface area (Å²) in [4.78, 5) is 15.4. The third-order valence-corrected chi connectivity index (χ3v) is 3.28. The van der Waals surface area contributed by atoms with Gasteiger partial charge in [0.05, 0.1) is 5.69 Å². The lowest BCUT2D eigenvalue weighted by Crippen LogP contribution is -2.05. The van der Waals surface area contributed by atoms with Gasteiger partial charge in [-0.1, -0.05) is 30.3 Å². The lowest BCUT2D eigenvalue weighted by atomic mass is 10.2. The first kappa shape index (κ1) is 14.1. The number of aryl methyl sites for hydroxylation is 1. The van der Waals surface area contributed by atoms with Crippen LogP contribution in [-0.4, -0.2) is 20.5 Å². The van der Waals surface area contributed by atoms with Gasteiger partial charge in [0.2, 0.25) is 0 Å². The Labute approximate surface area is 125 Å². The van der Waals surface area contributed by atoms with Crippen molar-refractivity contribution in [2.45, 2.75) is 13.3 Å². The van der Waals surface area contributed by atoms with Crippen LogP contribution in [0.15, 0.2) is 48.7 Å². The van der Waals surface area contributed by atoms with Gasteiger partial charge in [0.1, 0.15) is 0 Å². The predicted octanol–water partition coefficient (Wildman–Crippen LogP) is 3.39. The number of hydrogen-bond acceptors (Lipinski definition) is 3. The van der Waals surface area contributed by atoms with Crippen LogP contribution < -0.4 is 4.74 Å². The number of carbonyl (C=O) groups is 1. The number of benzene rings is 1. The number of rotatable bonds is 4. The van der Waals surface area contributed by atoms with Crippen LogP contribution in [0.1, 0.15) is 28.1 Å². The molecule has 5 nitrogen and oxygen atoms in total. The van der Waals surface area contributed by atoms with E-state index in [0.29, 0.717) is 11.3 Å². The van der Waals surface area contributed by atoms with Crippen molar-refractivity contribution in [3.05, 3.63) is 65.6 Å². The molecule has 0 aliphatic carbocycles. The number of alkyl halides is 1. The monoisotopic (exact) mass is 300 g/mol. The van der Waals surface area contributed by atoms with Gasteiger partial charge in [-0.3, -0.25) is 4.40 Å². The zero-order valence-electron chi connectivity index (χ0n) is 11.7. The summed E-state index contributed by atoms with van der Waals surface area (Å²) >= 11 is 0. The Morgan fingerprint density at radius 2 is 2.00 bits per heavy atom. The van der Waals surface area contributed by atoms with Crippen LogP contribution in [-0.2, 0) is 0 Å². The molecule has 3 aromatic rings. The van der Waals surface area contributed by atoms with Gasteiger partial charge in [0.15, 0.2) is 17.1 Å². The first-order valence-corrected chi connectivity index (χ1v) is 6.64. The largest absolute Gasteiger partial charge is 0.477 e. The van der Waals surface area contributed by atoms with Crippen LogP contribution in [0.2, 0.25) is 0 Å². The summed E-state index contributed by atoms with van der Waals surface area (Å²) in [6.45, 7) is 1.59. The van der Waals surface area contributed by atoms with E-state index in [1.54, 1.807) is 55.6 Å². The van der Waals surface area contributed by atoms with Crippen molar-refractivity contribution in [2.24, 2.45) is 0 Å². The van der Waals surface area contributed by atoms with Crippen molar-refractivity contribution in [1.82, 2.24) is 9.38 Å². The molecule has 0 saturated carbocycles. The van der Waals surface area contributed by atoms with Crippen LogP contribution in [0.25, 0.3) is 5.65 Å². The molecule has 1 atom stereocenters. The number of nitrogens with zero attached hydrogens (tertiary/aromatic N) is 2. The van der Waals surface area contributed by atoms with Crippen molar-refractivity contribution >= 4 is 11.6 Å². The Morgan fingerprint density at radius 3 is 2.68 bits per heavy atom. The van der Waals surface area contributed by atoms with E-state index in [9.17, 15) is 14.3 Å². The number of carboxylic acids is 1. The van der Waals surface area contributed by atoms with Crippen molar-refractivity contribution < 1.29 is 19.0 Å². The summed E-state index contributed by atoms with van der Waals surface area (Å²) in [6, 6.07) is 11.6. The second kappa shape index (κ2) is 5.48. The Balaban J connectivity index is 2.02. The highest BCUT2D eigenvalue weighted by atomic mass is 19.1. The maximum absolute atomic E-state index is 14.2. The maximum Gasteiger partial charge on any atom is 0.354 e. The summed E-state index contributed by atoms with van der Waals surface area (Å²) < 4.78 is 20.9. The van der Waals surface area contributed by atoms with Crippen LogP contribution in [0.5, 0.6) is 5.75 Å². The smallest absolute Gasteiger partial charge is 0.354 e. The fourth-order valence-electron chi connectivity index (χ4n) is 2.29. The van der Waals surface area contributed by atoms with Crippen LogP contribution in [0, 0.1) is 6.92 Å². The summed E-state index contributed by atoms with van der Waals surface area (Å²) in [5.41, 5.74) is 1.04. The third-order valence-electron chi connectivity index (χ3n) is 3.28. The Bertz CT molecular complexity index is 830. The molecule has 0 bridgehead atoms. The number of hydrogen-bond donors (Lipinski definition) is 1. The normalized spacial score (nSPS) is 12.3. The third kappa shape index (κ3) is 2.39. The predicted molar refractivity (Wildman–Crippen MR) is 77.8 cm³/mol. The van der Waals surface area contributed by atoms with Crippen molar-refractivity contribution in [3.8, 4) is 5.75 Å². The molecule has 1 aromatic carbocycles. The lowest BCUT2D eigenvalue weighted by molar-refractivity contribution is 0.0681. The highest BCUT2D eigenvalue weighted by molar-refractivity contribution is 5.88. The van der Waals surface area contributed by atoms with Crippen LogP contribution >= 0.6 is 0 Å². The van der Waals surface area contributed by atoms with E-state index in [0.717, 1.165) is 0 Å². The minimum atomic E-state index is -1.65. The number of carboxylic acid groups (broad SMARTS) is 1. The quantitative estimate of drug-likeness (QED) is 0.802. The molecule has 0 amide bonds. The molecule has 22 heavy (non-hydrogen) atoms.